The van der Waals surface area contributed by atoms with Crippen LogP contribution >= 0.6 is 0 Å². The number of nitrogens with zero attached hydrogens (tertiary/aromatic N) is 2. The van der Waals surface area contributed by atoms with Crippen LogP contribution in [0, 0.1) is 5.92 Å². The number of benzene rings is 1. The van der Waals surface area contributed by atoms with Crippen molar-refractivity contribution in [3.05, 3.63) is 29.8 Å². The first-order valence-corrected chi connectivity index (χ1v) is 10.5. The van der Waals surface area contributed by atoms with Gasteiger partial charge in [-0.1, -0.05) is 18.2 Å². The summed E-state index contributed by atoms with van der Waals surface area (Å²) < 4.78 is 5.14. The van der Waals surface area contributed by atoms with Gasteiger partial charge < -0.3 is 15.0 Å². The summed E-state index contributed by atoms with van der Waals surface area (Å²) in [7, 11) is 3.93. The number of hydrogen-bond acceptors (Lipinski definition) is 4. The van der Waals surface area contributed by atoms with Crippen LogP contribution in [0.1, 0.15) is 37.7 Å². The van der Waals surface area contributed by atoms with E-state index in [0.29, 0.717) is 0 Å². The molecule has 0 radical (unpaired) electrons. The molecule has 0 saturated carbocycles. The van der Waals surface area contributed by atoms with Gasteiger partial charge in [0.1, 0.15) is 0 Å². The highest BCUT2D eigenvalue weighted by Gasteiger charge is 2.31. The summed E-state index contributed by atoms with van der Waals surface area (Å²) in [6, 6.07) is 8.24. The summed E-state index contributed by atoms with van der Waals surface area (Å²) >= 11 is 0. The molecule has 2 aliphatic rings. The molecule has 5 nitrogen and oxygen atoms in total. The number of rotatable bonds is 8. The third-order valence-corrected chi connectivity index (χ3v) is 6.18. The molecule has 1 N–H and O–H groups in total. The van der Waals surface area contributed by atoms with Gasteiger partial charge in [0.2, 0.25) is 5.91 Å². The number of likely N-dealkylation sites (N-methyl/N-ethyl adjacent to an activating group) is 1. The molecule has 1 unspecified atom stereocenters. The van der Waals surface area contributed by atoms with Crippen LogP contribution < -0.4 is 5.32 Å². The quantitative estimate of drug-likeness (QED) is 0.761. The molecule has 2 heterocycles. The fourth-order valence-corrected chi connectivity index (χ4v) is 4.41. The van der Waals surface area contributed by atoms with Crippen molar-refractivity contribution < 1.29 is 9.53 Å². The van der Waals surface area contributed by atoms with Crippen molar-refractivity contribution in [2.45, 2.75) is 44.6 Å². The Kier molecular flexibility index (Phi) is 7.68. The third kappa shape index (κ3) is 5.77. The maximum Gasteiger partial charge on any atom is 0.241 e. The number of carbonyl (C=O) groups excluding carboxylic acids is 1. The van der Waals surface area contributed by atoms with Crippen molar-refractivity contribution in [3.8, 4) is 0 Å². The zero-order chi connectivity index (χ0) is 19.1. The molecule has 0 aliphatic carbocycles. The number of carbonyl (C=O) groups is 1. The molecule has 1 atom stereocenters. The van der Waals surface area contributed by atoms with E-state index in [-0.39, 0.29) is 11.9 Å². The predicted molar refractivity (Wildman–Crippen MR) is 110 cm³/mol. The highest BCUT2D eigenvalue weighted by Crippen LogP contribution is 2.28. The van der Waals surface area contributed by atoms with Crippen LogP contribution in [0.2, 0.25) is 0 Å². The summed E-state index contributed by atoms with van der Waals surface area (Å²) in [6.45, 7) is 5.07. The molecule has 150 valence electrons. The minimum atomic E-state index is 0.0264. The average molecular weight is 374 g/mol. The molecule has 1 aromatic rings. The summed E-state index contributed by atoms with van der Waals surface area (Å²) in [5.41, 5.74) is 2.26. The zero-order valence-electron chi connectivity index (χ0n) is 17.0. The van der Waals surface area contributed by atoms with E-state index in [1.54, 1.807) is 7.11 Å². The number of ether oxygens (including phenoxy) is 1. The van der Waals surface area contributed by atoms with Crippen molar-refractivity contribution >= 4 is 11.6 Å². The van der Waals surface area contributed by atoms with Gasteiger partial charge in [-0.25, -0.2) is 0 Å². The molecule has 27 heavy (non-hydrogen) atoms. The van der Waals surface area contributed by atoms with E-state index in [2.05, 4.69) is 34.3 Å². The van der Waals surface area contributed by atoms with Gasteiger partial charge >= 0.3 is 0 Å². The normalized spacial score (nSPS) is 21.7. The summed E-state index contributed by atoms with van der Waals surface area (Å²) in [5, 5.41) is 3.15. The largest absolute Gasteiger partial charge is 0.383 e. The van der Waals surface area contributed by atoms with Gasteiger partial charge in [0.25, 0.3) is 0 Å². The summed E-state index contributed by atoms with van der Waals surface area (Å²) in [5.74, 6) is 0.987. The molecule has 1 saturated heterocycles. The first-order valence-electron chi connectivity index (χ1n) is 10.5. The molecule has 5 heteroatoms. The summed E-state index contributed by atoms with van der Waals surface area (Å²) in [4.78, 5) is 17.5. The van der Waals surface area contributed by atoms with Gasteiger partial charge in [0, 0.05) is 19.3 Å². The second kappa shape index (κ2) is 10.2. The number of methoxy groups -OCH3 is 1. The Morgan fingerprint density at radius 2 is 1.96 bits per heavy atom. The minimum absolute atomic E-state index is 0.0264. The Hall–Kier alpha value is -1.43. The van der Waals surface area contributed by atoms with Crippen molar-refractivity contribution in [2.75, 3.05) is 52.3 Å². The highest BCUT2D eigenvalue weighted by atomic mass is 16.5. The van der Waals surface area contributed by atoms with Gasteiger partial charge in [0.15, 0.2) is 0 Å². The number of piperidine rings is 1. The third-order valence-electron chi connectivity index (χ3n) is 6.18. The molecule has 1 amide bonds. The first kappa shape index (κ1) is 20.3. The van der Waals surface area contributed by atoms with Crippen molar-refractivity contribution in [1.29, 1.82) is 0 Å². The number of fused-ring (bicyclic) bond motifs is 1. The maximum atomic E-state index is 12.7. The lowest BCUT2D eigenvalue weighted by Crippen LogP contribution is -2.47. The van der Waals surface area contributed by atoms with E-state index in [1.165, 1.54) is 31.2 Å². The standard InChI is InChI=1S/C22H35N3O2/c1-24(16-17-27-2)13-5-6-18-11-14-25(15-12-18)21-10-9-19-7-3-4-8-20(19)23-22(21)26/h3-4,7-8,18,21H,5-6,9-17H2,1-2H3,(H,23,26). The Morgan fingerprint density at radius 3 is 2.74 bits per heavy atom. The monoisotopic (exact) mass is 373 g/mol. The molecule has 0 spiro atoms. The number of likely N-dealkylation sites (tertiary alicyclic amines) is 1. The fourth-order valence-electron chi connectivity index (χ4n) is 4.41. The minimum Gasteiger partial charge on any atom is -0.383 e. The second-order valence-electron chi connectivity index (χ2n) is 8.12. The van der Waals surface area contributed by atoms with E-state index in [4.69, 9.17) is 4.74 Å². The predicted octanol–water partition coefficient (Wildman–Crippen LogP) is 3.01. The van der Waals surface area contributed by atoms with Gasteiger partial charge in [-0.2, -0.15) is 0 Å². The Balaban J connectivity index is 1.41. The molecular weight excluding hydrogens is 338 g/mol. The van der Waals surface area contributed by atoms with Crippen LogP contribution in [0.3, 0.4) is 0 Å². The van der Waals surface area contributed by atoms with E-state index in [1.807, 2.05) is 12.1 Å². The average Bonchev–Trinajstić information content (AvgIpc) is 2.85. The van der Waals surface area contributed by atoms with E-state index < -0.39 is 0 Å². The molecule has 1 aromatic carbocycles. The van der Waals surface area contributed by atoms with Gasteiger partial charge in [-0.15, -0.1) is 0 Å². The van der Waals surface area contributed by atoms with Crippen LogP contribution in [0.5, 0.6) is 0 Å². The highest BCUT2D eigenvalue weighted by molar-refractivity contribution is 5.96. The SMILES string of the molecule is COCCN(C)CCCC1CCN(C2CCc3ccccc3NC2=O)CC1. The molecular formula is C22H35N3O2. The maximum absolute atomic E-state index is 12.7. The summed E-state index contributed by atoms with van der Waals surface area (Å²) in [6.07, 6.45) is 6.90. The number of nitrogens with one attached hydrogen (secondary N) is 1. The van der Waals surface area contributed by atoms with E-state index >= 15 is 0 Å². The van der Waals surface area contributed by atoms with Gasteiger partial charge in [-0.3, -0.25) is 9.69 Å². The van der Waals surface area contributed by atoms with Crippen LogP contribution in [0.15, 0.2) is 24.3 Å². The number of anilines is 1. The number of amides is 1. The first-order chi connectivity index (χ1) is 13.2. The molecule has 2 aliphatic heterocycles. The van der Waals surface area contributed by atoms with Gasteiger partial charge in [-0.05, 0) is 82.8 Å². The van der Waals surface area contributed by atoms with Crippen LogP contribution in [-0.4, -0.2) is 68.7 Å². The van der Waals surface area contributed by atoms with Crippen molar-refractivity contribution in [2.24, 2.45) is 5.92 Å². The van der Waals surface area contributed by atoms with E-state index in [9.17, 15) is 4.79 Å². The fraction of sp³-hybridized carbons (Fsp3) is 0.682. The van der Waals surface area contributed by atoms with Gasteiger partial charge in [0.05, 0.1) is 12.6 Å². The lowest BCUT2D eigenvalue weighted by atomic mass is 9.90. The Labute approximate surface area is 164 Å². The van der Waals surface area contributed by atoms with Crippen LogP contribution in [-0.2, 0) is 16.0 Å². The lowest BCUT2D eigenvalue weighted by Gasteiger charge is -2.36. The van der Waals surface area contributed by atoms with Crippen LogP contribution in [0.4, 0.5) is 5.69 Å². The zero-order valence-corrected chi connectivity index (χ0v) is 17.0. The van der Waals surface area contributed by atoms with E-state index in [0.717, 1.165) is 57.2 Å². The topological polar surface area (TPSA) is 44.8 Å². The Morgan fingerprint density at radius 1 is 1.19 bits per heavy atom. The molecule has 0 aromatic heterocycles. The number of para-hydroxylation sites is 1. The smallest absolute Gasteiger partial charge is 0.241 e. The Bertz CT molecular complexity index is 599. The number of aryl methyl sites for hydroxylation is 1. The molecule has 0 bridgehead atoms. The van der Waals surface area contributed by atoms with Crippen LogP contribution in [0.25, 0.3) is 0 Å². The number of hydrogen-bond donors (Lipinski definition) is 1. The molecule has 3 rings (SSSR count). The van der Waals surface area contributed by atoms with Crippen molar-refractivity contribution in [1.82, 2.24) is 9.80 Å². The molecule has 1 fully saturated rings. The lowest BCUT2D eigenvalue weighted by molar-refractivity contribution is -0.122. The van der Waals surface area contributed by atoms with Crippen molar-refractivity contribution in [3.63, 3.8) is 0 Å². The second-order valence-corrected chi connectivity index (χ2v) is 8.12.